The predicted molar refractivity (Wildman–Crippen MR) is 101 cm³/mol. The van der Waals surface area contributed by atoms with Crippen molar-refractivity contribution in [2.45, 2.75) is 38.3 Å². The van der Waals surface area contributed by atoms with Crippen molar-refractivity contribution in [1.82, 2.24) is 15.1 Å². The number of piperazine rings is 1. The number of aliphatic hydroxyl groups excluding tert-OH is 1. The second kappa shape index (κ2) is 9.35. The van der Waals surface area contributed by atoms with Crippen LogP contribution >= 0.6 is 0 Å². The molecule has 1 heterocycles. The summed E-state index contributed by atoms with van der Waals surface area (Å²) in [6.45, 7) is 6.99. The molecule has 1 aromatic rings. The normalized spacial score (nSPS) is 19.9. The van der Waals surface area contributed by atoms with Gasteiger partial charge in [-0.25, -0.2) is 0 Å². The standard InChI is InChI=1S/C20H31N3O3/c1-2-16-4-3-5-19(12-16)26-15-18(24)13-22-8-10-23(11-9-22)14-20(25)21-17-6-7-17/h3-5,12,17-18,24H,2,6-11,13-15H2,1H3,(H,21,25). The van der Waals surface area contributed by atoms with E-state index in [0.29, 0.717) is 25.7 Å². The maximum Gasteiger partial charge on any atom is 0.234 e. The average molecular weight is 361 g/mol. The highest BCUT2D eigenvalue weighted by Crippen LogP contribution is 2.18. The van der Waals surface area contributed by atoms with Crippen molar-refractivity contribution < 1.29 is 14.6 Å². The van der Waals surface area contributed by atoms with Crippen molar-refractivity contribution in [3.63, 3.8) is 0 Å². The van der Waals surface area contributed by atoms with Gasteiger partial charge in [-0.1, -0.05) is 19.1 Å². The molecule has 0 radical (unpaired) electrons. The number of nitrogens with zero attached hydrogens (tertiary/aromatic N) is 2. The SMILES string of the molecule is CCc1cccc(OCC(O)CN2CCN(CC(=O)NC3CC3)CC2)c1. The van der Waals surface area contributed by atoms with Gasteiger partial charge in [0.05, 0.1) is 6.54 Å². The van der Waals surface area contributed by atoms with Crippen LogP contribution in [0.1, 0.15) is 25.3 Å². The number of rotatable bonds is 9. The summed E-state index contributed by atoms with van der Waals surface area (Å²) in [7, 11) is 0. The summed E-state index contributed by atoms with van der Waals surface area (Å²) in [5.41, 5.74) is 1.24. The van der Waals surface area contributed by atoms with Crippen molar-refractivity contribution in [2.75, 3.05) is 45.9 Å². The van der Waals surface area contributed by atoms with Gasteiger partial charge in [0.25, 0.3) is 0 Å². The molecule has 1 aliphatic carbocycles. The number of benzene rings is 1. The van der Waals surface area contributed by atoms with Gasteiger partial charge in [0.15, 0.2) is 0 Å². The van der Waals surface area contributed by atoms with Crippen LogP contribution in [0.5, 0.6) is 5.75 Å². The molecular formula is C20H31N3O3. The maximum atomic E-state index is 11.9. The highest BCUT2D eigenvalue weighted by molar-refractivity contribution is 5.78. The van der Waals surface area contributed by atoms with Crippen molar-refractivity contribution in [3.05, 3.63) is 29.8 Å². The highest BCUT2D eigenvalue weighted by Gasteiger charge is 2.25. The second-order valence-electron chi connectivity index (χ2n) is 7.38. The molecule has 1 unspecified atom stereocenters. The van der Waals surface area contributed by atoms with E-state index in [2.05, 4.69) is 28.1 Å². The van der Waals surface area contributed by atoms with E-state index < -0.39 is 6.10 Å². The zero-order valence-corrected chi connectivity index (χ0v) is 15.7. The van der Waals surface area contributed by atoms with Crippen molar-refractivity contribution in [2.24, 2.45) is 0 Å². The summed E-state index contributed by atoms with van der Waals surface area (Å²) in [6.07, 6.45) is 2.72. The first-order chi connectivity index (χ1) is 12.6. The third-order valence-corrected chi connectivity index (χ3v) is 4.99. The molecule has 6 heteroatoms. The van der Waals surface area contributed by atoms with E-state index in [4.69, 9.17) is 4.74 Å². The summed E-state index contributed by atoms with van der Waals surface area (Å²) in [4.78, 5) is 16.3. The van der Waals surface area contributed by atoms with Gasteiger partial charge in [-0.05, 0) is 37.0 Å². The molecule has 2 aliphatic rings. The van der Waals surface area contributed by atoms with Crippen LogP contribution in [0.3, 0.4) is 0 Å². The van der Waals surface area contributed by atoms with E-state index in [1.54, 1.807) is 0 Å². The lowest BCUT2D eigenvalue weighted by Gasteiger charge is -2.35. The number of nitrogens with one attached hydrogen (secondary N) is 1. The average Bonchev–Trinajstić information content (AvgIpc) is 3.45. The number of amides is 1. The van der Waals surface area contributed by atoms with E-state index in [0.717, 1.165) is 51.2 Å². The Morgan fingerprint density at radius 1 is 1.27 bits per heavy atom. The summed E-state index contributed by atoms with van der Waals surface area (Å²) in [5, 5.41) is 13.3. The van der Waals surface area contributed by atoms with Gasteiger partial charge in [-0.15, -0.1) is 0 Å². The Morgan fingerprint density at radius 3 is 2.69 bits per heavy atom. The molecule has 2 fully saturated rings. The minimum absolute atomic E-state index is 0.142. The van der Waals surface area contributed by atoms with Crippen LogP contribution in [-0.2, 0) is 11.2 Å². The summed E-state index contributed by atoms with van der Waals surface area (Å²) >= 11 is 0. The summed E-state index contributed by atoms with van der Waals surface area (Å²) in [5.74, 6) is 0.957. The number of carbonyl (C=O) groups excluding carboxylic acids is 1. The number of hydrogen-bond donors (Lipinski definition) is 2. The molecule has 1 amide bonds. The number of hydrogen-bond acceptors (Lipinski definition) is 5. The first kappa shape index (κ1) is 19.1. The van der Waals surface area contributed by atoms with Crippen LogP contribution < -0.4 is 10.1 Å². The largest absolute Gasteiger partial charge is 0.491 e. The molecule has 1 saturated heterocycles. The fourth-order valence-electron chi connectivity index (χ4n) is 3.23. The zero-order valence-electron chi connectivity index (χ0n) is 15.7. The third kappa shape index (κ3) is 6.27. The van der Waals surface area contributed by atoms with E-state index in [1.807, 2.05) is 18.2 Å². The number of aryl methyl sites for hydroxylation is 1. The van der Waals surface area contributed by atoms with Gasteiger partial charge in [-0.2, -0.15) is 0 Å². The predicted octanol–water partition coefficient (Wildman–Crippen LogP) is 0.885. The summed E-state index contributed by atoms with van der Waals surface area (Å²) in [6, 6.07) is 8.44. The molecule has 1 saturated carbocycles. The number of β-amino-alcohol motifs (C(OH)–C–C–N with tert-alkyl or cyclic N) is 1. The lowest BCUT2D eigenvalue weighted by Crippen LogP contribution is -2.51. The number of carbonyl (C=O) groups is 1. The first-order valence-corrected chi connectivity index (χ1v) is 9.76. The van der Waals surface area contributed by atoms with Crippen molar-refractivity contribution in [3.8, 4) is 5.75 Å². The Morgan fingerprint density at radius 2 is 2.00 bits per heavy atom. The lowest BCUT2D eigenvalue weighted by atomic mass is 10.2. The molecular weight excluding hydrogens is 330 g/mol. The minimum Gasteiger partial charge on any atom is -0.491 e. The van der Waals surface area contributed by atoms with Gasteiger partial charge in [0.1, 0.15) is 18.5 Å². The van der Waals surface area contributed by atoms with Crippen LogP contribution in [0.4, 0.5) is 0 Å². The van der Waals surface area contributed by atoms with Crippen molar-refractivity contribution >= 4 is 5.91 Å². The Labute approximate surface area is 156 Å². The van der Waals surface area contributed by atoms with E-state index in [9.17, 15) is 9.90 Å². The number of aliphatic hydroxyl groups is 1. The van der Waals surface area contributed by atoms with Crippen LogP contribution in [0.25, 0.3) is 0 Å². The topological polar surface area (TPSA) is 65.0 Å². The number of ether oxygens (including phenoxy) is 1. The molecule has 144 valence electrons. The molecule has 2 N–H and O–H groups in total. The molecule has 0 spiro atoms. The fraction of sp³-hybridized carbons (Fsp3) is 0.650. The molecule has 0 bridgehead atoms. The quantitative estimate of drug-likeness (QED) is 0.684. The molecule has 6 nitrogen and oxygen atoms in total. The smallest absolute Gasteiger partial charge is 0.234 e. The molecule has 1 aliphatic heterocycles. The third-order valence-electron chi connectivity index (χ3n) is 4.99. The first-order valence-electron chi connectivity index (χ1n) is 9.76. The van der Waals surface area contributed by atoms with Gasteiger partial charge in [-0.3, -0.25) is 14.6 Å². The molecule has 1 atom stereocenters. The summed E-state index contributed by atoms with van der Waals surface area (Å²) < 4.78 is 5.73. The Hall–Kier alpha value is -1.63. The molecule has 3 rings (SSSR count). The molecule has 1 aromatic carbocycles. The Kier molecular flexibility index (Phi) is 6.88. The Balaban J connectivity index is 1.32. The van der Waals surface area contributed by atoms with E-state index in [-0.39, 0.29) is 5.91 Å². The van der Waals surface area contributed by atoms with Crippen LogP contribution in [0.15, 0.2) is 24.3 Å². The Bertz CT molecular complexity index is 583. The van der Waals surface area contributed by atoms with Gasteiger partial charge in [0.2, 0.25) is 5.91 Å². The molecule has 0 aromatic heterocycles. The monoisotopic (exact) mass is 361 g/mol. The van der Waals surface area contributed by atoms with Gasteiger partial charge >= 0.3 is 0 Å². The zero-order chi connectivity index (χ0) is 18.4. The maximum absolute atomic E-state index is 11.9. The van der Waals surface area contributed by atoms with Gasteiger partial charge in [0, 0.05) is 38.8 Å². The van der Waals surface area contributed by atoms with Crippen LogP contribution in [0.2, 0.25) is 0 Å². The van der Waals surface area contributed by atoms with Crippen LogP contribution in [0, 0.1) is 0 Å². The second-order valence-corrected chi connectivity index (χ2v) is 7.38. The molecule has 26 heavy (non-hydrogen) atoms. The minimum atomic E-state index is -0.509. The highest BCUT2D eigenvalue weighted by atomic mass is 16.5. The van der Waals surface area contributed by atoms with Gasteiger partial charge < -0.3 is 15.2 Å². The fourth-order valence-corrected chi connectivity index (χ4v) is 3.23. The van der Waals surface area contributed by atoms with Crippen molar-refractivity contribution in [1.29, 1.82) is 0 Å². The van der Waals surface area contributed by atoms with Crippen LogP contribution in [-0.4, -0.2) is 78.8 Å². The van der Waals surface area contributed by atoms with E-state index in [1.165, 1.54) is 5.56 Å². The lowest BCUT2D eigenvalue weighted by molar-refractivity contribution is -0.122. The van der Waals surface area contributed by atoms with E-state index >= 15 is 0 Å².